The first-order valence-electron chi connectivity index (χ1n) is 12.0. The van der Waals surface area contributed by atoms with Gasteiger partial charge in [0, 0.05) is 17.3 Å². The summed E-state index contributed by atoms with van der Waals surface area (Å²) in [6.07, 6.45) is -0.349. The lowest BCUT2D eigenvalue weighted by Crippen LogP contribution is -2.59. The summed E-state index contributed by atoms with van der Waals surface area (Å²) in [4.78, 5) is 73.5. The number of aliphatic carboxylic acids is 1. The van der Waals surface area contributed by atoms with E-state index in [9.17, 15) is 33.9 Å². The molecule has 6 unspecified atom stereocenters. The van der Waals surface area contributed by atoms with Crippen LogP contribution in [-0.2, 0) is 28.8 Å². The van der Waals surface area contributed by atoms with E-state index in [1.54, 1.807) is 0 Å². The van der Waals surface area contributed by atoms with Gasteiger partial charge >= 0.3 is 5.97 Å². The Morgan fingerprint density at radius 1 is 0.769 bits per heavy atom. The molecule has 0 saturated carbocycles. The van der Waals surface area contributed by atoms with Crippen LogP contribution in [0.5, 0.6) is 0 Å². The number of unbranched alkanes of at least 4 members (excludes halogenated alkanes) is 1. The number of nitrogens with one attached hydrogen (secondary N) is 5. The van der Waals surface area contributed by atoms with Crippen molar-refractivity contribution in [2.75, 3.05) is 30.3 Å². The second-order valence-electron chi connectivity index (χ2n) is 8.46. The largest absolute Gasteiger partial charge is 0.480 e. The topological polar surface area (TPSA) is 255 Å². The summed E-state index contributed by atoms with van der Waals surface area (Å²) in [5, 5.41) is 30.8. The third kappa shape index (κ3) is 14.1. The number of carboxylic acid groups (broad SMARTS) is 1. The van der Waals surface area contributed by atoms with Crippen molar-refractivity contribution in [3.05, 3.63) is 0 Å². The molecular formula is C21H39N7O8S3. The SMILES string of the molecule is CC(O)C(NC(=O)C(CCCCN)NC(=O)CNC(=O)C(CS)NC(=O)C(N)CS)C(=O)NC(CS)C(=O)O. The van der Waals surface area contributed by atoms with E-state index in [2.05, 4.69) is 64.5 Å². The maximum Gasteiger partial charge on any atom is 0.327 e. The van der Waals surface area contributed by atoms with Crippen LogP contribution in [0.25, 0.3) is 0 Å². The van der Waals surface area contributed by atoms with Gasteiger partial charge in [-0.3, -0.25) is 24.0 Å². The molecule has 11 N–H and O–H groups in total. The average molecular weight is 614 g/mol. The number of aliphatic hydroxyl groups is 1. The third-order valence-electron chi connectivity index (χ3n) is 5.23. The zero-order valence-corrected chi connectivity index (χ0v) is 24.1. The van der Waals surface area contributed by atoms with Gasteiger partial charge in [-0.05, 0) is 32.7 Å². The molecule has 224 valence electrons. The predicted octanol–water partition coefficient (Wildman–Crippen LogP) is -4.25. The first-order valence-corrected chi connectivity index (χ1v) is 13.9. The molecule has 39 heavy (non-hydrogen) atoms. The monoisotopic (exact) mass is 613 g/mol. The average Bonchev–Trinajstić information content (AvgIpc) is 2.89. The fourth-order valence-corrected chi connectivity index (χ4v) is 3.63. The fourth-order valence-electron chi connectivity index (χ4n) is 2.96. The van der Waals surface area contributed by atoms with Crippen molar-refractivity contribution < 1.29 is 39.0 Å². The van der Waals surface area contributed by atoms with E-state index in [1.165, 1.54) is 6.92 Å². The number of nitrogens with two attached hydrogens (primary N) is 2. The standard InChI is InChI=1S/C21H39N7O8S3/c1-10(29)16(20(34)27-14(9-39)21(35)36)28-19(33)12(4-2-3-5-22)25-15(30)6-24-18(32)13(8-38)26-17(31)11(23)7-37/h10-14,16,29,37-39H,2-9,22-23H2,1H3,(H,24,32)(H,25,30)(H,26,31)(H,27,34)(H,28,33)(H,35,36). The molecule has 0 aliphatic rings. The number of carbonyl (C=O) groups is 6. The van der Waals surface area contributed by atoms with Crippen molar-refractivity contribution in [3.63, 3.8) is 0 Å². The maximum absolute atomic E-state index is 12.9. The van der Waals surface area contributed by atoms with Crippen molar-refractivity contribution in [2.45, 2.75) is 62.5 Å². The Labute approximate surface area is 242 Å². The van der Waals surface area contributed by atoms with E-state index >= 15 is 0 Å². The maximum atomic E-state index is 12.9. The Morgan fingerprint density at radius 3 is 1.85 bits per heavy atom. The summed E-state index contributed by atoms with van der Waals surface area (Å²) < 4.78 is 0. The van der Waals surface area contributed by atoms with Gasteiger partial charge in [0.25, 0.3) is 0 Å². The molecule has 6 atom stereocenters. The van der Waals surface area contributed by atoms with Crippen molar-refractivity contribution in [1.29, 1.82) is 0 Å². The van der Waals surface area contributed by atoms with E-state index in [1.807, 2.05) is 0 Å². The zero-order valence-electron chi connectivity index (χ0n) is 21.5. The Balaban J connectivity index is 5.32. The molecule has 0 spiro atoms. The highest BCUT2D eigenvalue weighted by Crippen LogP contribution is 2.04. The highest BCUT2D eigenvalue weighted by Gasteiger charge is 2.32. The van der Waals surface area contributed by atoms with E-state index in [0.29, 0.717) is 19.4 Å². The first kappa shape index (κ1) is 36.8. The van der Waals surface area contributed by atoms with Gasteiger partial charge in [-0.1, -0.05) is 0 Å². The minimum absolute atomic E-state index is 0.0513. The molecule has 5 amide bonds. The van der Waals surface area contributed by atoms with Gasteiger partial charge in [0.05, 0.1) is 18.7 Å². The lowest BCUT2D eigenvalue weighted by Gasteiger charge is -2.26. The molecule has 0 aromatic carbocycles. The molecule has 18 heteroatoms. The van der Waals surface area contributed by atoms with Crippen LogP contribution in [-0.4, -0.2) is 112 Å². The van der Waals surface area contributed by atoms with Crippen molar-refractivity contribution in [3.8, 4) is 0 Å². The Bertz CT molecular complexity index is 852. The van der Waals surface area contributed by atoms with Gasteiger partial charge < -0.3 is 48.3 Å². The number of carboxylic acids is 1. The number of amides is 5. The smallest absolute Gasteiger partial charge is 0.327 e. The minimum atomic E-state index is -1.53. The van der Waals surface area contributed by atoms with Crippen LogP contribution in [0.1, 0.15) is 26.2 Å². The van der Waals surface area contributed by atoms with E-state index in [4.69, 9.17) is 16.6 Å². The highest BCUT2D eigenvalue weighted by atomic mass is 32.1. The molecule has 15 nitrogen and oxygen atoms in total. The molecule has 0 heterocycles. The van der Waals surface area contributed by atoms with Crippen molar-refractivity contribution in [2.24, 2.45) is 11.5 Å². The normalized spacial score (nSPS) is 15.5. The van der Waals surface area contributed by atoms with Gasteiger partial charge in [-0.2, -0.15) is 37.9 Å². The number of aliphatic hydroxyl groups excluding tert-OH is 1. The summed E-state index contributed by atoms with van der Waals surface area (Å²) in [6.45, 7) is 0.990. The minimum Gasteiger partial charge on any atom is -0.480 e. The Morgan fingerprint density at radius 2 is 1.36 bits per heavy atom. The summed E-state index contributed by atoms with van der Waals surface area (Å²) in [5.74, 6) is -5.50. The summed E-state index contributed by atoms with van der Waals surface area (Å²) in [5.41, 5.74) is 11.1. The molecule has 0 aliphatic carbocycles. The van der Waals surface area contributed by atoms with E-state index in [-0.39, 0.29) is 23.7 Å². The number of rotatable bonds is 19. The molecule has 0 aliphatic heterocycles. The Hall–Kier alpha value is -2.25. The predicted molar refractivity (Wildman–Crippen MR) is 152 cm³/mol. The molecule has 0 rings (SSSR count). The zero-order chi connectivity index (χ0) is 30.1. The van der Waals surface area contributed by atoms with Crippen LogP contribution in [0.3, 0.4) is 0 Å². The van der Waals surface area contributed by atoms with Gasteiger partial charge in [-0.25, -0.2) is 4.79 Å². The van der Waals surface area contributed by atoms with Crippen LogP contribution in [0, 0.1) is 0 Å². The van der Waals surface area contributed by atoms with Gasteiger partial charge in [-0.15, -0.1) is 0 Å². The summed E-state index contributed by atoms with van der Waals surface area (Å²) >= 11 is 11.8. The lowest BCUT2D eigenvalue weighted by atomic mass is 10.1. The number of carbonyl (C=O) groups excluding carboxylic acids is 5. The fraction of sp³-hybridized carbons (Fsp3) is 0.714. The highest BCUT2D eigenvalue weighted by molar-refractivity contribution is 7.80. The molecule has 0 aromatic rings. The first-order chi connectivity index (χ1) is 18.3. The molecule has 0 bridgehead atoms. The molecule has 0 fully saturated rings. The van der Waals surface area contributed by atoms with Crippen LogP contribution < -0.4 is 38.1 Å². The van der Waals surface area contributed by atoms with E-state index < -0.39 is 78.4 Å². The van der Waals surface area contributed by atoms with Crippen LogP contribution in [0.2, 0.25) is 0 Å². The van der Waals surface area contributed by atoms with Gasteiger partial charge in [0.2, 0.25) is 29.5 Å². The van der Waals surface area contributed by atoms with Gasteiger partial charge in [0.1, 0.15) is 24.2 Å². The lowest BCUT2D eigenvalue weighted by molar-refractivity contribution is -0.142. The second kappa shape index (κ2) is 19.8. The van der Waals surface area contributed by atoms with Crippen LogP contribution >= 0.6 is 37.9 Å². The van der Waals surface area contributed by atoms with Gasteiger partial charge in [0.15, 0.2) is 0 Å². The second-order valence-corrected chi connectivity index (χ2v) is 9.56. The summed E-state index contributed by atoms with van der Waals surface area (Å²) in [6, 6.07) is -6.09. The Kier molecular flexibility index (Phi) is 18.6. The molecule has 0 saturated heterocycles. The third-order valence-corrected chi connectivity index (χ3v) is 6.35. The quantitative estimate of drug-likeness (QED) is 0.0493. The summed E-state index contributed by atoms with van der Waals surface area (Å²) in [7, 11) is 0. The number of thiol groups is 3. The van der Waals surface area contributed by atoms with Crippen LogP contribution in [0.4, 0.5) is 0 Å². The molecule has 0 aromatic heterocycles. The molecular weight excluding hydrogens is 574 g/mol. The van der Waals surface area contributed by atoms with Crippen molar-refractivity contribution >= 4 is 73.4 Å². The van der Waals surface area contributed by atoms with E-state index in [0.717, 1.165) is 0 Å². The number of hydrogen-bond donors (Lipinski definition) is 12. The molecule has 0 radical (unpaired) electrons. The van der Waals surface area contributed by atoms with Crippen LogP contribution in [0.15, 0.2) is 0 Å². The van der Waals surface area contributed by atoms with Crippen molar-refractivity contribution in [1.82, 2.24) is 26.6 Å². The number of hydrogen-bond acceptors (Lipinski definition) is 12.